The van der Waals surface area contributed by atoms with Gasteiger partial charge in [0.05, 0.1) is 13.2 Å². The van der Waals surface area contributed by atoms with Crippen LogP contribution in [0, 0.1) is 0 Å². The molecule has 1 aliphatic heterocycles. The molecule has 4 atom stereocenters. The molecule has 0 bridgehead atoms. The molecule has 0 unspecified atom stereocenters. The molecule has 0 spiro atoms. The lowest BCUT2D eigenvalue weighted by Crippen LogP contribution is -2.40. The van der Waals surface area contributed by atoms with Crippen LogP contribution < -0.4 is 0 Å². The van der Waals surface area contributed by atoms with E-state index in [0.717, 1.165) is 25.7 Å². The molecule has 3 N–H and O–H groups in total. The molecule has 0 saturated carbocycles. The van der Waals surface area contributed by atoms with Crippen LogP contribution in [-0.2, 0) is 9.47 Å². The molecule has 5 heteroatoms. The van der Waals surface area contributed by atoms with E-state index >= 15 is 0 Å². The predicted octanol–water partition coefficient (Wildman–Crippen LogP) is 3.74. The summed E-state index contributed by atoms with van der Waals surface area (Å²) >= 11 is 0. The maximum atomic E-state index is 9.92. The second-order valence-electron chi connectivity index (χ2n) is 7.73. The molecule has 160 valence electrons. The van der Waals surface area contributed by atoms with Crippen LogP contribution in [0.15, 0.2) is 12.2 Å². The Balaban J connectivity index is 1.82. The number of hydrogen-bond donors (Lipinski definition) is 3. The molecule has 1 heterocycles. The van der Waals surface area contributed by atoms with Gasteiger partial charge in [-0.05, 0) is 32.1 Å². The van der Waals surface area contributed by atoms with Gasteiger partial charge in [0.15, 0.2) is 0 Å². The summed E-state index contributed by atoms with van der Waals surface area (Å²) in [6.07, 6.45) is 16.2. The lowest BCUT2D eigenvalue weighted by molar-refractivity contribution is -0.0813. The van der Waals surface area contributed by atoms with Gasteiger partial charge >= 0.3 is 0 Å². The summed E-state index contributed by atoms with van der Waals surface area (Å²) in [7, 11) is 0. The van der Waals surface area contributed by atoms with Gasteiger partial charge in [-0.15, -0.1) is 0 Å². The van der Waals surface area contributed by atoms with Crippen molar-refractivity contribution in [3.63, 3.8) is 0 Å². The van der Waals surface area contributed by atoms with E-state index in [1.54, 1.807) is 0 Å². The first kappa shape index (κ1) is 24.6. The van der Waals surface area contributed by atoms with Crippen LogP contribution in [0.2, 0.25) is 0 Å². The van der Waals surface area contributed by atoms with Gasteiger partial charge in [-0.25, -0.2) is 0 Å². The average molecular weight is 387 g/mol. The molecule has 1 rings (SSSR count). The third kappa shape index (κ3) is 11.9. The first-order valence-corrected chi connectivity index (χ1v) is 11.0. The lowest BCUT2D eigenvalue weighted by atomic mass is 10.1. The van der Waals surface area contributed by atoms with E-state index in [2.05, 4.69) is 19.1 Å². The average Bonchev–Trinajstić information content (AvgIpc) is 3.00. The number of aliphatic hydroxyl groups excluding tert-OH is 3. The fourth-order valence-corrected chi connectivity index (χ4v) is 3.36. The van der Waals surface area contributed by atoms with Crippen LogP contribution in [0.25, 0.3) is 0 Å². The Kier molecular flexibility index (Phi) is 15.0. The van der Waals surface area contributed by atoms with Gasteiger partial charge in [0.2, 0.25) is 0 Å². The number of rotatable bonds is 17. The third-order valence-electron chi connectivity index (χ3n) is 5.16. The van der Waals surface area contributed by atoms with Gasteiger partial charge in [-0.2, -0.15) is 0 Å². The van der Waals surface area contributed by atoms with E-state index in [4.69, 9.17) is 9.47 Å². The van der Waals surface area contributed by atoms with Crippen LogP contribution in [0.1, 0.15) is 84.0 Å². The summed E-state index contributed by atoms with van der Waals surface area (Å²) in [6, 6.07) is 0. The normalized spacial score (nSPS) is 24.1. The molecule has 0 radical (unpaired) electrons. The van der Waals surface area contributed by atoms with E-state index in [1.807, 2.05) is 0 Å². The van der Waals surface area contributed by atoms with Crippen molar-refractivity contribution >= 4 is 0 Å². The van der Waals surface area contributed by atoms with Crippen LogP contribution in [0.5, 0.6) is 0 Å². The number of allylic oxidation sites excluding steroid dienone is 2. The molecule has 5 nitrogen and oxygen atoms in total. The van der Waals surface area contributed by atoms with Crippen molar-refractivity contribution in [2.24, 2.45) is 0 Å². The monoisotopic (exact) mass is 386 g/mol. The van der Waals surface area contributed by atoms with Gasteiger partial charge in [-0.3, -0.25) is 0 Å². The summed E-state index contributed by atoms with van der Waals surface area (Å²) in [4.78, 5) is 0. The van der Waals surface area contributed by atoms with Crippen LogP contribution >= 0.6 is 0 Å². The third-order valence-corrected chi connectivity index (χ3v) is 5.16. The SMILES string of the molecule is CCCCCCCCC/C=C/CCCCCOC[C@H](O)[C@@H]1OC[C@@H](O)[C@@H]1O. The minimum absolute atomic E-state index is 0.0649. The fourth-order valence-electron chi connectivity index (χ4n) is 3.36. The van der Waals surface area contributed by atoms with Gasteiger partial charge in [0, 0.05) is 6.61 Å². The van der Waals surface area contributed by atoms with E-state index in [-0.39, 0.29) is 13.2 Å². The number of unbranched alkanes of at least 4 members (excludes halogenated alkanes) is 10. The summed E-state index contributed by atoms with van der Waals surface area (Å²) in [5.41, 5.74) is 0. The molecule has 0 amide bonds. The largest absolute Gasteiger partial charge is 0.388 e. The first-order chi connectivity index (χ1) is 13.2. The van der Waals surface area contributed by atoms with Crippen LogP contribution in [0.3, 0.4) is 0 Å². The number of aliphatic hydroxyl groups is 3. The highest BCUT2D eigenvalue weighted by Gasteiger charge is 2.39. The maximum Gasteiger partial charge on any atom is 0.114 e. The predicted molar refractivity (Wildman–Crippen MR) is 109 cm³/mol. The number of hydrogen-bond acceptors (Lipinski definition) is 5. The minimum atomic E-state index is -1.03. The van der Waals surface area contributed by atoms with Gasteiger partial charge in [0.25, 0.3) is 0 Å². The fraction of sp³-hybridized carbons (Fsp3) is 0.909. The molecule has 1 saturated heterocycles. The molecule has 0 aromatic carbocycles. The smallest absolute Gasteiger partial charge is 0.114 e. The van der Waals surface area contributed by atoms with Gasteiger partial charge in [0.1, 0.15) is 24.4 Å². The molecule has 1 fully saturated rings. The van der Waals surface area contributed by atoms with Crippen molar-refractivity contribution in [3.8, 4) is 0 Å². The topological polar surface area (TPSA) is 79.2 Å². The van der Waals surface area contributed by atoms with Crippen LogP contribution in [0.4, 0.5) is 0 Å². The molecule has 0 aliphatic carbocycles. The van der Waals surface area contributed by atoms with Crippen molar-refractivity contribution < 1.29 is 24.8 Å². The van der Waals surface area contributed by atoms with E-state index in [1.165, 1.54) is 51.4 Å². The van der Waals surface area contributed by atoms with E-state index in [9.17, 15) is 15.3 Å². The van der Waals surface area contributed by atoms with Crippen LogP contribution in [-0.4, -0.2) is 59.6 Å². The Hall–Kier alpha value is -0.460. The lowest BCUT2D eigenvalue weighted by Gasteiger charge is -2.20. The minimum Gasteiger partial charge on any atom is -0.388 e. The Morgan fingerprint density at radius 1 is 0.926 bits per heavy atom. The molecule has 0 aromatic rings. The van der Waals surface area contributed by atoms with Crippen molar-refractivity contribution in [3.05, 3.63) is 12.2 Å². The quantitative estimate of drug-likeness (QED) is 0.262. The van der Waals surface area contributed by atoms with Crippen molar-refractivity contribution in [2.75, 3.05) is 19.8 Å². The Bertz CT molecular complexity index is 361. The molecule has 27 heavy (non-hydrogen) atoms. The zero-order valence-electron chi connectivity index (χ0n) is 17.2. The second kappa shape index (κ2) is 16.5. The Morgan fingerprint density at radius 2 is 1.52 bits per heavy atom. The summed E-state index contributed by atoms with van der Waals surface area (Å²) in [5, 5.41) is 29.0. The zero-order chi connectivity index (χ0) is 19.7. The van der Waals surface area contributed by atoms with Crippen molar-refractivity contribution in [2.45, 2.75) is 108 Å². The van der Waals surface area contributed by atoms with Crippen molar-refractivity contribution in [1.82, 2.24) is 0 Å². The first-order valence-electron chi connectivity index (χ1n) is 11.0. The molecule has 0 aromatic heterocycles. The van der Waals surface area contributed by atoms with Crippen molar-refractivity contribution in [1.29, 1.82) is 0 Å². The highest BCUT2D eigenvalue weighted by atomic mass is 16.5. The molecular weight excluding hydrogens is 344 g/mol. The summed E-state index contributed by atoms with van der Waals surface area (Å²) in [5.74, 6) is 0. The van der Waals surface area contributed by atoms with E-state index < -0.39 is 24.4 Å². The second-order valence-corrected chi connectivity index (χ2v) is 7.73. The van der Waals surface area contributed by atoms with E-state index in [0.29, 0.717) is 6.61 Å². The maximum absolute atomic E-state index is 9.92. The Morgan fingerprint density at radius 3 is 2.11 bits per heavy atom. The molecular formula is C22H42O5. The highest BCUT2D eigenvalue weighted by Crippen LogP contribution is 2.18. The zero-order valence-corrected chi connectivity index (χ0v) is 17.2. The molecule has 1 aliphatic rings. The standard InChI is InChI=1S/C22H42O5/c1-2-3-4-5-6-7-8-9-10-11-12-13-14-15-16-26-17-20(24)22-21(25)19(23)18-27-22/h10-11,19-25H,2-9,12-18H2,1H3/b11-10+/t19-,20+,21+,22+/m1/s1. The summed E-state index contributed by atoms with van der Waals surface area (Å²) in [6.45, 7) is 3.06. The number of ether oxygens (including phenoxy) is 2. The Labute approximate surface area is 165 Å². The summed E-state index contributed by atoms with van der Waals surface area (Å²) < 4.78 is 10.6. The highest BCUT2D eigenvalue weighted by molar-refractivity contribution is 4.87. The van der Waals surface area contributed by atoms with Gasteiger partial charge in [-0.1, -0.05) is 64.0 Å². The van der Waals surface area contributed by atoms with Gasteiger partial charge < -0.3 is 24.8 Å².